The van der Waals surface area contributed by atoms with Crippen molar-refractivity contribution < 1.29 is 23.1 Å². The molecule has 9 nitrogen and oxygen atoms in total. The summed E-state index contributed by atoms with van der Waals surface area (Å²) in [5.74, 6) is 0.285. The number of nitrogens with zero attached hydrogens (tertiary/aromatic N) is 3. The van der Waals surface area contributed by atoms with Crippen LogP contribution in [0.5, 0.6) is 0 Å². The highest BCUT2D eigenvalue weighted by Gasteiger charge is 2.27. The molecule has 2 aromatic rings. The average Bonchev–Trinajstić information content (AvgIpc) is 2.97. The van der Waals surface area contributed by atoms with Gasteiger partial charge in [0.2, 0.25) is 15.9 Å². The van der Waals surface area contributed by atoms with Crippen molar-refractivity contribution in [2.24, 2.45) is 0 Å². The van der Waals surface area contributed by atoms with Crippen molar-refractivity contribution in [1.29, 1.82) is 0 Å². The first-order chi connectivity index (χ1) is 12.8. The number of aliphatic hydroxyl groups is 1. The summed E-state index contributed by atoms with van der Waals surface area (Å²) in [4.78, 5) is 16.1. The van der Waals surface area contributed by atoms with Crippen LogP contribution in [0.3, 0.4) is 0 Å². The van der Waals surface area contributed by atoms with E-state index in [9.17, 15) is 18.3 Å². The summed E-state index contributed by atoms with van der Waals surface area (Å²) < 4.78 is 34.1. The average molecular weight is 396 g/mol. The maximum atomic E-state index is 12.8. The van der Waals surface area contributed by atoms with Crippen molar-refractivity contribution in [1.82, 2.24) is 19.2 Å². The van der Waals surface area contributed by atoms with Crippen LogP contribution in [0.15, 0.2) is 23.1 Å². The van der Waals surface area contributed by atoms with Crippen LogP contribution in [-0.2, 0) is 26.1 Å². The van der Waals surface area contributed by atoms with Gasteiger partial charge in [-0.25, -0.2) is 13.4 Å². The lowest BCUT2D eigenvalue weighted by Crippen LogP contribution is -2.40. The molecule has 1 aliphatic heterocycles. The summed E-state index contributed by atoms with van der Waals surface area (Å²) in [7, 11) is -3.58. The zero-order valence-electron chi connectivity index (χ0n) is 15.4. The van der Waals surface area contributed by atoms with E-state index in [-0.39, 0.29) is 4.90 Å². The highest BCUT2D eigenvalue weighted by atomic mass is 32.2. The van der Waals surface area contributed by atoms with Crippen molar-refractivity contribution in [3.8, 4) is 0 Å². The zero-order valence-corrected chi connectivity index (χ0v) is 16.2. The Morgan fingerprint density at radius 3 is 2.74 bits per heavy atom. The number of ether oxygens (including phenoxy) is 1. The summed E-state index contributed by atoms with van der Waals surface area (Å²) >= 11 is 0. The molecule has 1 saturated heterocycles. The third-order valence-corrected chi connectivity index (χ3v) is 6.43. The number of aliphatic hydroxyl groups excluding tert-OH is 1. The second-order valence-corrected chi connectivity index (χ2v) is 8.38. The van der Waals surface area contributed by atoms with Gasteiger partial charge in [0.1, 0.15) is 11.9 Å². The molecule has 0 bridgehead atoms. The monoisotopic (exact) mass is 396 g/mol. The molecule has 1 aromatic carbocycles. The Balaban J connectivity index is 1.82. The highest BCUT2D eigenvalue weighted by Crippen LogP contribution is 2.23. The van der Waals surface area contributed by atoms with Gasteiger partial charge in [-0.3, -0.25) is 4.79 Å². The number of rotatable bonds is 6. The second-order valence-electron chi connectivity index (χ2n) is 6.44. The van der Waals surface area contributed by atoms with Crippen LogP contribution < -0.4 is 5.32 Å². The maximum Gasteiger partial charge on any atom is 0.248 e. The van der Waals surface area contributed by atoms with E-state index < -0.39 is 22.0 Å². The predicted octanol–water partition coefficient (Wildman–Crippen LogP) is -0.137. The van der Waals surface area contributed by atoms with Crippen LogP contribution in [0.4, 0.5) is 0 Å². The van der Waals surface area contributed by atoms with Crippen LogP contribution in [0.25, 0.3) is 11.0 Å². The van der Waals surface area contributed by atoms with Crippen LogP contribution in [-0.4, -0.2) is 72.2 Å². The first-order valence-electron chi connectivity index (χ1n) is 8.81. The number of sulfonamides is 1. The van der Waals surface area contributed by atoms with Gasteiger partial charge >= 0.3 is 0 Å². The Morgan fingerprint density at radius 2 is 2.07 bits per heavy atom. The number of nitrogens with one attached hydrogen (secondary N) is 1. The van der Waals surface area contributed by atoms with Gasteiger partial charge in [-0.2, -0.15) is 4.31 Å². The molecular weight excluding hydrogens is 372 g/mol. The van der Waals surface area contributed by atoms with Crippen LogP contribution >= 0.6 is 0 Å². The molecule has 1 unspecified atom stereocenters. The maximum absolute atomic E-state index is 12.8. The summed E-state index contributed by atoms with van der Waals surface area (Å²) in [6.45, 7) is 5.52. The number of hydrogen-bond acceptors (Lipinski definition) is 6. The van der Waals surface area contributed by atoms with E-state index in [1.54, 1.807) is 18.2 Å². The summed E-state index contributed by atoms with van der Waals surface area (Å²) in [6, 6.07) is 4.90. The SMILES string of the molecule is Cc1nc2cc(S(=O)(=O)N3CCOCC3)ccc2n1CCNC(=O)C(C)O. The third-order valence-electron chi connectivity index (χ3n) is 4.53. The van der Waals surface area contributed by atoms with Crippen LogP contribution in [0.1, 0.15) is 12.7 Å². The summed E-state index contributed by atoms with van der Waals surface area (Å²) in [6.07, 6.45) is -1.06. The van der Waals surface area contributed by atoms with Crippen molar-refractivity contribution >= 4 is 27.0 Å². The lowest BCUT2D eigenvalue weighted by molar-refractivity contribution is -0.128. The Labute approximate surface area is 158 Å². The first-order valence-corrected chi connectivity index (χ1v) is 10.3. The Bertz CT molecular complexity index is 932. The fourth-order valence-corrected chi connectivity index (χ4v) is 4.48. The number of carbonyl (C=O) groups excluding carboxylic acids is 1. The molecule has 0 spiro atoms. The quantitative estimate of drug-likeness (QED) is 0.703. The molecular formula is C17H24N4O5S. The molecule has 0 aliphatic carbocycles. The number of aromatic nitrogens is 2. The molecule has 0 saturated carbocycles. The standard InChI is InChI=1S/C17H24N4O5S/c1-12(22)17(23)18-5-6-21-13(2)19-15-11-14(3-4-16(15)21)27(24,25)20-7-9-26-10-8-20/h3-4,11-12,22H,5-10H2,1-2H3,(H,18,23). The van der Waals surface area contributed by atoms with Gasteiger partial charge in [0.15, 0.2) is 0 Å². The van der Waals surface area contributed by atoms with E-state index in [0.717, 1.165) is 11.3 Å². The summed E-state index contributed by atoms with van der Waals surface area (Å²) in [5, 5.41) is 11.9. The largest absolute Gasteiger partial charge is 0.384 e. The lowest BCUT2D eigenvalue weighted by Gasteiger charge is -2.26. The minimum Gasteiger partial charge on any atom is -0.384 e. The number of carbonyl (C=O) groups is 1. The molecule has 3 rings (SSSR count). The van der Waals surface area contributed by atoms with Gasteiger partial charge in [0.05, 0.1) is 29.1 Å². The molecule has 1 aliphatic rings. The molecule has 2 heterocycles. The van der Waals surface area contributed by atoms with Gasteiger partial charge in [0.25, 0.3) is 0 Å². The van der Waals surface area contributed by atoms with Crippen molar-refractivity contribution in [2.45, 2.75) is 31.4 Å². The molecule has 1 fully saturated rings. The number of imidazole rings is 1. The number of fused-ring (bicyclic) bond motifs is 1. The number of morpholine rings is 1. The molecule has 1 amide bonds. The van der Waals surface area contributed by atoms with E-state index in [1.165, 1.54) is 11.2 Å². The van der Waals surface area contributed by atoms with E-state index in [1.807, 2.05) is 11.5 Å². The minimum atomic E-state index is -3.58. The van der Waals surface area contributed by atoms with Crippen molar-refractivity contribution in [2.75, 3.05) is 32.8 Å². The minimum absolute atomic E-state index is 0.212. The lowest BCUT2D eigenvalue weighted by atomic mass is 10.3. The van der Waals surface area contributed by atoms with Gasteiger partial charge in [-0.15, -0.1) is 0 Å². The number of aryl methyl sites for hydroxylation is 1. The molecule has 0 radical (unpaired) electrons. The number of hydrogen-bond donors (Lipinski definition) is 2. The summed E-state index contributed by atoms with van der Waals surface area (Å²) in [5.41, 5.74) is 1.38. The molecule has 1 aromatic heterocycles. The van der Waals surface area contributed by atoms with Crippen LogP contribution in [0.2, 0.25) is 0 Å². The van der Waals surface area contributed by atoms with E-state index in [2.05, 4.69) is 10.3 Å². The van der Waals surface area contributed by atoms with Crippen LogP contribution in [0, 0.1) is 6.92 Å². The second kappa shape index (κ2) is 7.93. The molecule has 1 atom stereocenters. The van der Waals surface area contributed by atoms with E-state index >= 15 is 0 Å². The van der Waals surface area contributed by atoms with Gasteiger partial charge in [-0.1, -0.05) is 0 Å². The fraction of sp³-hybridized carbons (Fsp3) is 0.529. The Kier molecular flexibility index (Phi) is 5.80. The Morgan fingerprint density at radius 1 is 1.37 bits per heavy atom. The molecule has 2 N–H and O–H groups in total. The van der Waals surface area contributed by atoms with E-state index in [0.29, 0.717) is 44.9 Å². The number of amides is 1. The fourth-order valence-electron chi connectivity index (χ4n) is 3.05. The molecule has 148 valence electrons. The normalized spacial score (nSPS) is 17.1. The first kappa shape index (κ1) is 19.7. The Hall–Kier alpha value is -2.01. The zero-order chi connectivity index (χ0) is 19.6. The van der Waals surface area contributed by atoms with Gasteiger partial charge in [0, 0.05) is 26.2 Å². The van der Waals surface area contributed by atoms with Crippen molar-refractivity contribution in [3.63, 3.8) is 0 Å². The van der Waals surface area contributed by atoms with Gasteiger partial charge in [-0.05, 0) is 32.0 Å². The highest BCUT2D eigenvalue weighted by molar-refractivity contribution is 7.89. The topological polar surface area (TPSA) is 114 Å². The molecule has 27 heavy (non-hydrogen) atoms. The number of benzene rings is 1. The van der Waals surface area contributed by atoms with E-state index in [4.69, 9.17) is 4.74 Å². The molecule has 10 heteroatoms. The smallest absolute Gasteiger partial charge is 0.248 e. The third kappa shape index (κ3) is 4.13. The van der Waals surface area contributed by atoms with Crippen molar-refractivity contribution in [3.05, 3.63) is 24.0 Å². The predicted molar refractivity (Wildman–Crippen MR) is 98.7 cm³/mol. The van der Waals surface area contributed by atoms with Gasteiger partial charge < -0.3 is 19.7 Å².